The van der Waals surface area contributed by atoms with Gasteiger partial charge in [0.05, 0.1) is 5.38 Å². The van der Waals surface area contributed by atoms with E-state index in [2.05, 4.69) is 32.0 Å². The third-order valence-corrected chi connectivity index (χ3v) is 3.92. The quantitative estimate of drug-likeness (QED) is 0.645. The summed E-state index contributed by atoms with van der Waals surface area (Å²) in [4.78, 5) is 0. The van der Waals surface area contributed by atoms with E-state index in [1.807, 2.05) is 0 Å². The molecule has 0 bridgehead atoms. The third kappa shape index (κ3) is 3.49. The fraction of sp³-hybridized carbons (Fsp3) is 0.250. The van der Waals surface area contributed by atoms with Crippen molar-refractivity contribution < 1.29 is 4.39 Å². The van der Waals surface area contributed by atoms with Gasteiger partial charge in [-0.05, 0) is 49.1 Å². The Morgan fingerprint density at radius 1 is 1.11 bits per heavy atom. The minimum atomic E-state index is -0.343. The van der Waals surface area contributed by atoms with Gasteiger partial charge in [0.1, 0.15) is 5.82 Å². The first-order valence-electron chi connectivity index (χ1n) is 6.12. The first kappa shape index (κ1) is 14.4. The summed E-state index contributed by atoms with van der Waals surface area (Å²) in [6.45, 7) is 4.11. The number of halogens is 3. The van der Waals surface area contributed by atoms with Gasteiger partial charge in [-0.25, -0.2) is 4.39 Å². The van der Waals surface area contributed by atoms with Crippen LogP contribution in [0.3, 0.4) is 0 Å². The molecule has 0 amide bonds. The van der Waals surface area contributed by atoms with E-state index in [9.17, 15) is 4.39 Å². The van der Waals surface area contributed by atoms with Crippen molar-refractivity contribution in [3.8, 4) is 0 Å². The van der Waals surface area contributed by atoms with Crippen molar-refractivity contribution in [3.63, 3.8) is 0 Å². The predicted octanol–water partition coefficient (Wildman–Crippen LogP) is 5.62. The number of hydrogen-bond donors (Lipinski definition) is 0. The number of aryl methyl sites for hydroxylation is 2. The molecule has 0 aliphatic carbocycles. The largest absolute Gasteiger partial charge is 0.207 e. The van der Waals surface area contributed by atoms with E-state index in [0.717, 1.165) is 5.56 Å². The SMILES string of the molecule is Cc1ccc(C)c(CC(Cl)c2ccc(F)cc2Cl)c1. The number of hydrogen-bond acceptors (Lipinski definition) is 0. The zero-order chi connectivity index (χ0) is 14.0. The van der Waals surface area contributed by atoms with Gasteiger partial charge in [-0.15, -0.1) is 11.6 Å². The van der Waals surface area contributed by atoms with Crippen LogP contribution in [-0.2, 0) is 6.42 Å². The lowest BCUT2D eigenvalue weighted by Crippen LogP contribution is -1.99. The van der Waals surface area contributed by atoms with Crippen molar-refractivity contribution in [2.24, 2.45) is 0 Å². The van der Waals surface area contributed by atoms with Gasteiger partial charge in [0.2, 0.25) is 0 Å². The maximum absolute atomic E-state index is 13.0. The van der Waals surface area contributed by atoms with Crippen molar-refractivity contribution in [2.75, 3.05) is 0 Å². The Hall–Kier alpha value is -1.05. The molecule has 0 aliphatic rings. The summed E-state index contributed by atoms with van der Waals surface area (Å²) in [6.07, 6.45) is 0.681. The van der Waals surface area contributed by atoms with Gasteiger partial charge < -0.3 is 0 Å². The van der Waals surface area contributed by atoms with Crippen molar-refractivity contribution in [3.05, 3.63) is 69.5 Å². The van der Waals surface area contributed by atoms with Crippen LogP contribution in [0, 0.1) is 19.7 Å². The van der Waals surface area contributed by atoms with Gasteiger partial charge in [0.15, 0.2) is 0 Å². The summed E-state index contributed by atoms with van der Waals surface area (Å²) in [6, 6.07) is 10.6. The minimum Gasteiger partial charge on any atom is -0.207 e. The Morgan fingerprint density at radius 3 is 2.53 bits per heavy atom. The Labute approximate surface area is 123 Å². The van der Waals surface area contributed by atoms with Gasteiger partial charge in [-0.2, -0.15) is 0 Å². The summed E-state index contributed by atoms with van der Waals surface area (Å²) in [5.74, 6) is -0.343. The van der Waals surface area contributed by atoms with Gasteiger partial charge >= 0.3 is 0 Å². The van der Waals surface area contributed by atoms with E-state index in [-0.39, 0.29) is 11.2 Å². The summed E-state index contributed by atoms with van der Waals surface area (Å²) in [5, 5.41) is 0.124. The highest BCUT2D eigenvalue weighted by Gasteiger charge is 2.14. The Morgan fingerprint density at radius 2 is 1.84 bits per heavy atom. The Balaban J connectivity index is 2.25. The highest BCUT2D eigenvalue weighted by atomic mass is 35.5. The van der Waals surface area contributed by atoms with E-state index in [1.54, 1.807) is 6.07 Å². The first-order chi connectivity index (χ1) is 8.97. The molecule has 0 aromatic heterocycles. The number of alkyl halides is 1. The van der Waals surface area contributed by atoms with Gasteiger partial charge in [-0.1, -0.05) is 41.4 Å². The van der Waals surface area contributed by atoms with Crippen LogP contribution in [0.25, 0.3) is 0 Å². The lowest BCUT2D eigenvalue weighted by atomic mass is 9.98. The molecule has 2 aromatic rings. The van der Waals surface area contributed by atoms with Crippen molar-refractivity contribution >= 4 is 23.2 Å². The van der Waals surface area contributed by atoms with Crippen molar-refractivity contribution in [1.82, 2.24) is 0 Å². The lowest BCUT2D eigenvalue weighted by molar-refractivity contribution is 0.627. The maximum atomic E-state index is 13.0. The molecule has 19 heavy (non-hydrogen) atoms. The molecule has 0 saturated carbocycles. The van der Waals surface area contributed by atoms with Crippen LogP contribution in [0.1, 0.15) is 27.6 Å². The van der Waals surface area contributed by atoms with Crippen molar-refractivity contribution in [2.45, 2.75) is 25.6 Å². The van der Waals surface area contributed by atoms with Crippen LogP contribution < -0.4 is 0 Å². The van der Waals surface area contributed by atoms with Crippen LogP contribution >= 0.6 is 23.2 Å². The number of rotatable bonds is 3. The molecular weight excluding hydrogens is 282 g/mol. The molecule has 2 aromatic carbocycles. The average molecular weight is 297 g/mol. The summed E-state index contributed by atoms with van der Waals surface area (Å²) in [5.41, 5.74) is 4.37. The van der Waals surface area contributed by atoms with Crippen LogP contribution in [0.5, 0.6) is 0 Å². The fourth-order valence-electron chi connectivity index (χ4n) is 2.08. The van der Waals surface area contributed by atoms with E-state index >= 15 is 0 Å². The molecule has 1 atom stereocenters. The van der Waals surface area contributed by atoms with E-state index in [1.165, 1.54) is 28.8 Å². The molecule has 2 rings (SSSR count). The Bertz CT molecular complexity index is 593. The molecule has 0 spiro atoms. The molecule has 0 heterocycles. The standard InChI is InChI=1S/C16H15Cl2F/c1-10-3-4-11(2)12(7-10)8-15(17)14-6-5-13(19)9-16(14)18/h3-7,9,15H,8H2,1-2H3. The van der Waals surface area contributed by atoms with Gasteiger partial charge in [0.25, 0.3) is 0 Å². The predicted molar refractivity (Wildman–Crippen MR) is 79.6 cm³/mol. The molecule has 0 N–H and O–H groups in total. The van der Waals surface area contributed by atoms with Crippen LogP contribution in [0.4, 0.5) is 4.39 Å². The zero-order valence-corrected chi connectivity index (χ0v) is 12.4. The Kier molecular flexibility index (Phi) is 4.49. The average Bonchev–Trinajstić information content (AvgIpc) is 2.33. The molecule has 100 valence electrons. The topological polar surface area (TPSA) is 0 Å². The first-order valence-corrected chi connectivity index (χ1v) is 6.94. The molecule has 3 heteroatoms. The second-order valence-corrected chi connectivity index (χ2v) is 5.70. The summed E-state index contributed by atoms with van der Waals surface area (Å²) < 4.78 is 13.0. The fourth-order valence-corrected chi connectivity index (χ4v) is 2.79. The smallest absolute Gasteiger partial charge is 0.124 e. The maximum Gasteiger partial charge on any atom is 0.124 e. The molecule has 0 aliphatic heterocycles. The lowest BCUT2D eigenvalue weighted by Gasteiger charge is -2.14. The summed E-state index contributed by atoms with van der Waals surface area (Å²) >= 11 is 12.5. The molecule has 0 radical (unpaired) electrons. The molecular formula is C16H15Cl2F. The van der Waals surface area contributed by atoms with Crippen LogP contribution in [0.2, 0.25) is 5.02 Å². The molecule has 0 fully saturated rings. The monoisotopic (exact) mass is 296 g/mol. The molecule has 0 saturated heterocycles. The van der Waals surface area contributed by atoms with Gasteiger partial charge in [-0.3, -0.25) is 0 Å². The van der Waals surface area contributed by atoms with E-state index in [4.69, 9.17) is 23.2 Å². The molecule has 1 unspecified atom stereocenters. The van der Waals surface area contributed by atoms with Crippen LogP contribution in [0.15, 0.2) is 36.4 Å². The van der Waals surface area contributed by atoms with E-state index in [0.29, 0.717) is 11.4 Å². The second-order valence-electron chi connectivity index (χ2n) is 4.77. The van der Waals surface area contributed by atoms with Crippen molar-refractivity contribution in [1.29, 1.82) is 0 Å². The molecule has 0 nitrogen and oxygen atoms in total. The zero-order valence-electron chi connectivity index (χ0n) is 10.9. The highest BCUT2D eigenvalue weighted by Crippen LogP contribution is 2.32. The number of benzene rings is 2. The minimum absolute atomic E-state index is 0.256. The van der Waals surface area contributed by atoms with Crippen LogP contribution in [-0.4, -0.2) is 0 Å². The third-order valence-electron chi connectivity index (χ3n) is 3.20. The normalized spacial score (nSPS) is 12.5. The summed E-state index contributed by atoms with van der Waals surface area (Å²) in [7, 11) is 0. The van der Waals surface area contributed by atoms with E-state index < -0.39 is 0 Å². The highest BCUT2D eigenvalue weighted by molar-refractivity contribution is 6.32. The van der Waals surface area contributed by atoms with Gasteiger partial charge in [0, 0.05) is 5.02 Å². The second kappa shape index (κ2) is 5.94.